The lowest BCUT2D eigenvalue weighted by Crippen LogP contribution is -2.39. The smallest absolute Gasteiger partial charge is 0.242 e. The van der Waals surface area contributed by atoms with Gasteiger partial charge in [-0.25, -0.2) is 9.67 Å². The molecular formula is C18H25N5O2. The van der Waals surface area contributed by atoms with E-state index in [0.29, 0.717) is 0 Å². The van der Waals surface area contributed by atoms with E-state index in [9.17, 15) is 9.59 Å². The number of aromatic nitrogens is 3. The molecular weight excluding hydrogens is 318 g/mol. The van der Waals surface area contributed by atoms with Crippen LogP contribution < -0.4 is 10.6 Å². The Balaban J connectivity index is 1.80. The van der Waals surface area contributed by atoms with Crippen molar-refractivity contribution < 1.29 is 9.59 Å². The van der Waals surface area contributed by atoms with Crippen LogP contribution in [0.3, 0.4) is 0 Å². The van der Waals surface area contributed by atoms with Gasteiger partial charge >= 0.3 is 0 Å². The number of carbonyl (C=O) groups is 2. The van der Waals surface area contributed by atoms with Gasteiger partial charge in [0, 0.05) is 0 Å². The zero-order valence-electron chi connectivity index (χ0n) is 15.1. The van der Waals surface area contributed by atoms with E-state index >= 15 is 0 Å². The van der Waals surface area contributed by atoms with E-state index in [0.717, 1.165) is 5.56 Å². The van der Waals surface area contributed by atoms with Gasteiger partial charge in [-0.05, 0) is 23.5 Å². The fourth-order valence-electron chi connectivity index (χ4n) is 2.34. The van der Waals surface area contributed by atoms with Gasteiger partial charge in [0.05, 0.1) is 12.6 Å². The van der Waals surface area contributed by atoms with Gasteiger partial charge in [-0.15, -0.1) is 0 Å². The molecule has 2 rings (SSSR count). The van der Waals surface area contributed by atoms with Crippen LogP contribution in [0.25, 0.3) is 0 Å². The quantitative estimate of drug-likeness (QED) is 0.833. The predicted molar refractivity (Wildman–Crippen MR) is 94.7 cm³/mol. The van der Waals surface area contributed by atoms with Crippen LogP contribution in [0.15, 0.2) is 36.9 Å². The van der Waals surface area contributed by atoms with Crippen molar-refractivity contribution >= 4 is 11.8 Å². The molecule has 134 valence electrons. The van der Waals surface area contributed by atoms with Crippen LogP contribution in [0.5, 0.6) is 0 Å². The van der Waals surface area contributed by atoms with Crippen molar-refractivity contribution in [2.24, 2.45) is 0 Å². The lowest BCUT2D eigenvalue weighted by molar-refractivity contribution is -0.126. The molecule has 7 nitrogen and oxygen atoms in total. The third kappa shape index (κ3) is 5.70. The second-order valence-electron chi connectivity index (χ2n) is 7.03. The Kier molecular flexibility index (Phi) is 5.90. The van der Waals surface area contributed by atoms with Crippen LogP contribution in [-0.4, -0.2) is 33.1 Å². The van der Waals surface area contributed by atoms with E-state index in [4.69, 9.17) is 0 Å². The SMILES string of the molecule is C[C@H](NC(=O)CNC(=O)Cn1cncn1)c1ccc(C(C)(C)C)cc1. The Bertz CT molecular complexity index is 702. The summed E-state index contributed by atoms with van der Waals surface area (Å²) in [6.45, 7) is 8.37. The van der Waals surface area contributed by atoms with Crippen molar-refractivity contribution in [2.45, 2.75) is 45.7 Å². The van der Waals surface area contributed by atoms with Crippen molar-refractivity contribution in [3.8, 4) is 0 Å². The summed E-state index contributed by atoms with van der Waals surface area (Å²) in [6.07, 6.45) is 2.80. The average Bonchev–Trinajstić information content (AvgIpc) is 3.05. The lowest BCUT2D eigenvalue weighted by Gasteiger charge is -2.20. The Morgan fingerprint density at radius 1 is 1.16 bits per heavy atom. The second kappa shape index (κ2) is 7.92. The number of benzene rings is 1. The van der Waals surface area contributed by atoms with Crippen molar-refractivity contribution in [1.29, 1.82) is 0 Å². The molecule has 2 aromatic rings. The Hall–Kier alpha value is -2.70. The van der Waals surface area contributed by atoms with Crippen LogP contribution >= 0.6 is 0 Å². The minimum Gasteiger partial charge on any atom is -0.348 e. The van der Waals surface area contributed by atoms with Crippen molar-refractivity contribution in [1.82, 2.24) is 25.4 Å². The van der Waals surface area contributed by atoms with Gasteiger partial charge in [-0.3, -0.25) is 9.59 Å². The van der Waals surface area contributed by atoms with Gasteiger partial charge in [0.25, 0.3) is 0 Å². The molecule has 7 heteroatoms. The van der Waals surface area contributed by atoms with Crippen LogP contribution in [0, 0.1) is 0 Å². The molecule has 0 saturated carbocycles. The fourth-order valence-corrected chi connectivity index (χ4v) is 2.34. The van der Waals surface area contributed by atoms with Gasteiger partial charge in [0.15, 0.2) is 0 Å². The van der Waals surface area contributed by atoms with Crippen LogP contribution in [0.1, 0.15) is 44.9 Å². The number of carbonyl (C=O) groups excluding carboxylic acids is 2. The Labute approximate surface area is 147 Å². The number of rotatable bonds is 6. The van der Waals surface area contributed by atoms with E-state index in [1.807, 2.05) is 19.1 Å². The number of hydrogen-bond acceptors (Lipinski definition) is 4. The van der Waals surface area contributed by atoms with E-state index in [-0.39, 0.29) is 36.4 Å². The van der Waals surface area contributed by atoms with Crippen molar-refractivity contribution in [2.75, 3.05) is 6.54 Å². The summed E-state index contributed by atoms with van der Waals surface area (Å²) in [5, 5.41) is 9.29. The summed E-state index contributed by atoms with van der Waals surface area (Å²) in [5.74, 6) is -0.526. The highest BCUT2D eigenvalue weighted by Crippen LogP contribution is 2.23. The first-order valence-electron chi connectivity index (χ1n) is 8.24. The Morgan fingerprint density at radius 3 is 2.40 bits per heavy atom. The third-order valence-electron chi connectivity index (χ3n) is 3.87. The van der Waals surface area contributed by atoms with Crippen molar-refractivity contribution in [3.05, 3.63) is 48.0 Å². The summed E-state index contributed by atoms with van der Waals surface area (Å²) in [7, 11) is 0. The molecule has 0 bridgehead atoms. The summed E-state index contributed by atoms with van der Waals surface area (Å²) >= 11 is 0. The molecule has 0 aliphatic carbocycles. The summed E-state index contributed by atoms with van der Waals surface area (Å²) in [6, 6.07) is 8.08. The maximum Gasteiger partial charge on any atom is 0.242 e. The number of hydrogen-bond donors (Lipinski definition) is 2. The maximum atomic E-state index is 12.0. The molecule has 0 aliphatic rings. The van der Waals surface area contributed by atoms with E-state index in [2.05, 4.69) is 53.6 Å². The molecule has 0 unspecified atom stereocenters. The van der Waals surface area contributed by atoms with Gasteiger partial charge in [-0.2, -0.15) is 5.10 Å². The zero-order valence-corrected chi connectivity index (χ0v) is 15.1. The number of nitrogens with one attached hydrogen (secondary N) is 2. The minimum absolute atomic E-state index is 0.0388. The average molecular weight is 343 g/mol. The monoisotopic (exact) mass is 343 g/mol. The lowest BCUT2D eigenvalue weighted by atomic mass is 9.86. The first-order valence-corrected chi connectivity index (χ1v) is 8.24. The molecule has 0 aliphatic heterocycles. The number of amides is 2. The Morgan fingerprint density at radius 2 is 1.84 bits per heavy atom. The first-order chi connectivity index (χ1) is 11.8. The number of nitrogens with zero attached hydrogens (tertiary/aromatic N) is 3. The van der Waals surface area contributed by atoms with E-state index in [1.54, 1.807) is 0 Å². The van der Waals surface area contributed by atoms with Gasteiger partial charge in [0.2, 0.25) is 11.8 Å². The summed E-state index contributed by atoms with van der Waals surface area (Å²) in [4.78, 5) is 27.5. The molecule has 2 N–H and O–H groups in total. The first kappa shape index (κ1) is 18.6. The molecule has 0 spiro atoms. The molecule has 0 radical (unpaired) electrons. The summed E-state index contributed by atoms with van der Waals surface area (Å²) in [5.41, 5.74) is 2.37. The third-order valence-corrected chi connectivity index (χ3v) is 3.87. The van der Waals surface area contributed by atoms with Gasteiger partial charge in [0.1, 0.15) is 19.2 Å². The van der Waals surface area contributed by atoms with E-state index in [1.165, 1.54) is 22.9 Å². The fraction of sp³-hybridized carbons (Fsp3) is 0.444. The highest BCUT2D eigenvalue weighted by atomic mass is 16.2. The normalized spacial score (nSPS) is 12.5. The van der Waals surface area contributed by atoms with E-state index < -0.39 is 0 Å². The minimum atomic E-state index is -0.289. The van der Waals surface area contributed by atoms with Gasteiger partial charge in [-0.1, -0.05) is 45.0 Å². The predicted octanol–water partition coefficient (Wildman–Crippen LogP) is 1.57. The highest BCUT2D eigenvalue weighted by Gasteiger charge is 2.15. The molecule has 1 aromatic heterocycles. The van der Waals surface area contributed by atoms with Crippen LogP contribution in [-0.2, 0) is 21.5 Å². The second-order valence-corrected chi connectivity index (χ2v) is 7.03. The van der Waals surface area contributed by atoms with Gasteiger partial charge < -0.3 is 10.6 Å². The molecule has 1 atom stereocenters. The molecule has 1 aromatic carbocycles. The summed E-state index contributed by atoms with van der Waals surface area (Å²) < 4.78 is 1.40. The molecule has 25 heavy (non-hydrogen) atoms. The molecule has 2 amide bonds. The molecule has 0 fully saturated rings. The van der Waals surface area contributed by atoms with Crippen LogP contribution in [0.2, 0.25) is 0 Å². The maximum absolute atomic E-state index is 12.0. The molecule has 0 saturated heterocycles. The molecule has 1 heterocycles. The topological polar surface area (TPSA) is 88.9 Å². The van der Waals surface area contributed by atoms with Crippen LogP contribution in [0.4, 0.5) is 0 Å². The highest BCUT2D eigenvalue weighted by molar-refractivity contribution is 5.84. The van der Waals surface area contributed by atoms with Crippen molar-refractivity contribution in [3.63, 3.8) is 0 Å². The largest absolute Gasteiger partial charge is 0.348 e. The zero-order chi connectivity index (χ0) is 18.4. The standard InChI is InChI=1S/C18H25N5O2/c1-13(14-5-7-15(8-6-14)18(2,3)4)22-16(24)9-20-17(25)10-23-12-19-11-21-23/h5-8,11-13H,9-10H2,1-4H3,(H,20,25)(H,22,24)/t13-/m0/s1.